The molecule has 1 N–H and O–H groups in total. The fourth-order valence-electron chi connectivity index (χ4n) is 3.66. The van der Waals surface area contributed by atoms with Crippen molar-refractivity contribution in [3.8, 4) is 0 Å². The lowest BCUT2D eigenvalue weighted by atomic mass is 9.87. The van der Waals surface area contributed by atoms with Gasteiger partial charge in [-0.05, 0) is 70.4 Å². The van der Waals surface area contributed by atoms with Crippen LogP contribution in [-0.2, 0) is 23.8 Å². The smallest absolute Gasteiger partial charge is 0.303 e. The van der Waals surface area contributed by atoms with Crippen molar-refractivity contribution in [2.75, 3.05) is 13.2 Å². The molecule has 0 aliphatic carbocycles. The summed E-state index contributed by atoms with van der Waals surface area (Å²) < 4.78 is 16.8. The van der Waals surface area contributed by atoms with Crippen LogP contribution in [0.5, 0.6) is 0 Å². The standard InChI is InChI=1S/C24H40O6/c1-17(2)9-11-22(27)18(3)8-7-14-24(6)23(30-20(5)26)12-10-21(16-29-24)13-15-28-19(4)25/h9,13,18,22-23,27H,7-8,10-12,14-16H2,1-6H3/b21-13+. The van der Waals surface area contributed by atoms with E-state index in [2.05, 4.69) is 13.0 Å². The van der Waals surface area contributed by atoms with Crippen LogP contribution in [0.3, 0.4) is 0 Å². The number of ether oxygens (including phenoxy) is 3. The van der Waals surface area contributed by atoms with Crippen molar-refractivity contribution < 1.29 is 28.9 Å². The van der Waals surface area contributed by atoms with Gasteiger partial charge in [0, 0.05) is 13.8 Å². The van der Waals surface area contributed by atoms with E-state index in [1.54, 1.807) is 0 Å². The van der Waals surface area contributed by atoms with Gasteiger partial charge in [0.05, 0.1) is 12.7 Å². The fraction of sp³-hybridized carbons (Fsp3) is 0.750. The Hall–Kier alpha value is -1.66. The van der Waals surface area contributed by atoms with E-state index in [1.165, 1.54) is 19.4 Å². The molecule has 1 rings (SSSR count). The van der Waals surface area contributed by atoms with Crippen molar-refractivity contribution in [1.29, 1.82) is 0 Å². The molecule has 0 aromatic rings. The molecule has 6 nitrogen and oxygen atoms in total. The molecule has 172 valence electrons. The molecule has 1 heterocycles. The van der Waals surface area contributed by atoms with E-state index in [4.69, 9.17) is 14.2 Å². The first-order chi connectivity index (χ1) is 14.0. The monoisotopic (exact) mass is 424 g/mol. The van der Waals surface area contributed by atoms with Crippen LogP contribution >= 0.6 is 0 Å². The highest BCUT2D eigenvalue weighted by Gasteiger charge is 2.39. The normalized spacial score (nSPS) is 25.2. The number of aliphatic hydroxyl groups excluding tert-OH is 1. The number of rotatable bonds is 10. The van der Waals surface area contributed by atoms with Crippen molar-refractivity contribution in [2.45, 2.75) is 97.9 Å². The molecule has 0 radical (unpaired) electrons. The summed E-state index contributed by atoms with van der Waals surface area (Å²) in [6.07, 6.45) is 7.80. The first kappa shape index (κ1) is 26.4. The Morgan fingerprint density at radius 3 is 2.57 bits per heavy atom. The number of carbonyl (C=O) groups excluding carboxylic acids is 2. The van der Waals surface area contributed by atoms with Gasteiger partial charge < -0.3 is 19.3 Å². The zero-order valence-electron chi connectivity index (χ0n) is 19.5. The van der Waals surface area contributed by atoms with E-state index < -0.39 is 5.60 Å². The molecule has 0 saturated carbocycles. The third kappa shape index (κ3) is 9.90. The van der Waals surface area contributed by atoms with Crippen LogP contribution in [-0.4, -0.2) is 48.1 Å². The summed E-state index contributed by atoms with van der Waals surface area (Å²) in [6.45, 7) is 11.6. The minimum atomic E-state index is -0.590. The average Bonchev–Trinajstić information content (AvgIpc) is 2.79. The minimum absolute atomic E-state index is 0.182. The van der Waals surface area contributed by atoms with Crippen molar-refractivity contribution in [3.05, 3.63) is 23.3 Å². The summed E-state index contributed by atoms with van der Waals surface area (Å²) in [5, 5.41) is 10.4. The first-order valence-corrected chi connectivity index (χ1v) is 11.0. The summed E-state index contributed by atoms with van der Waals surface area (Å²) in [7, 11) is 0. The Balaban J connectivity index is 2.70. The number of hydrogen-bond acceptors (Lipinski definition) is 6. The molecule has 0 amide bonds. The van der Waals surface area contributed by atoms with Gasteiger partial charge in [0.1, 0.15) is 18.3 Å². The Bertz CT molecular complexity index is 619. The number of carbonyl (C=O) groups is 2. The van der Waals surface area contributed by atoms with E-state index in [1.807, 2.05) is 26.8 Å². The summed E-state index contributed by atoms with van der Waals surface area (Å²) in [5.41, 5.74) is 1.66. The number of allylic oxidation sites excluding steroid dienone is 1. The zero-order chi connectivity index (χ0) is 22.7. The number of esters is 2. The zero-order valence-corrected chi connectivity index (χ0v) is 19.5. The lowest BCUT2D eigenvalue weighted by Gasteiger charge is -2.35. The fourth-order valence-corrected chi connectivity index (χ4v) is 3.66. The molecule has 1 saturated heterocycles. The molecule has 0 aromatic carbocycles. The summed E-state index contributed by atoms with van der Waals surface area (Å²) in [5.74, 6) is -0.445. The van der Waals surface area contributed by atoms with Gasteiger partial charge in [-0.3, -0.25) is 9.59 Å². The van der Waals surface area contributed by atoms with Crippen molar-refractivity contribution in [2.24, 2.45) is 5.92 Å². The van der Waals surface area contributed by atoms with Gasteiger partial charge in [-0.2, -0.15) is 0 Å². The topological polar surface area (TPSA) is 82.1 Å². The largest absolute Gasteiger partial charge is 0.462 e. The van der Waals surface area contributed by atoms with E-state index in [0.29, 0.717) is 19.4 Å². The quantitative estimate of drug-likeness (QED) is 0.411. The third-order valence-electron chi connectivity index (χ3n) is 5.72. The maximum absolute atomic E-state index is 11.7. The summed E-state index contributed by atoms with van der Waals surface area (Å²) in [6, 6.07) is 0. The molecular weight excluding hydrogens is 384 g/mol. The van der Waals surface area contributed by atoms with Crippen LogP contribution in [0.15, 0.2) is 23.3 Å². The predicted molar refractivity (Wildman–Crippen MR) is 117 cm³/mol. The van der Waals surface area contributed by atoms with E-state index in [-0.39, 0.29) is 36.7 Å². The van der Waals surface area contributed by atoms with Gasteiger partial charge in [-0.25, -0.2) is 0 Å². The lowest BCUT2D eigenvalue weighted by molar-refractivity contribution is -0.167. The molecular formula is C24H40O6. The van der Waals surface area contributed by atoms with Crippen LogP contribution in [0.2, 0.25) is 0 Å². The van der Waals surface area contributed by atoms with Crippen molar-refractivity contribution in [1.82, 2.24) is 0 Å². The maximum Gasteiger partial charge on any atom is 0.303 e. The number of aliphatic hydroxyl groups is 1. The maximum atomic E-state index is 11.7. The second kappa shape index (κ2) is 12.9. The molecule has 1 fully saturated rings. The van der Waals surface area contributed by atoms with Crippen molar-refractivity contribution >= 4 is 11.9 Å². The second-order valence-corrected chi connectivity index (χ2v) is 8.86. The average molecular weight is 425 g/mol. The predicted octanol–water partition coefficient (Wildman–Crippen LogP) is 4.50. The molecule has 0 spiro atoms. The summed E-state index contributed by atoms with van der Waals surface area (Å²) in [4.78, 5) is 22.6. The van der Waals surface area contributed by atoms with Crippen LogP contribution in [0.1, 0.15) is 80.1 Å². The van der Waals surface area contributed by atoms with Gasteiger partial charge in [0.2, 0.25) is 0 Å². The third-order valence-corrected chi connectivity index (χ3v) is 5.72. The minimum Gasteiger partial charge on any atom is -0.462 e. The van der Waals surface area contributed by atoms with Gasteiger partial charge >= 0.3 is 11.9 Å². The first-order valence-electron chi connectivity index (χ1n) is 11.0. The molecule has 0 aromatic heterocycles. The van der Waals surface area contributed by atoms with Crippen LogP contribution < -0.4 is 0 Å². The van der Waals surface area contributed by atoms with E-state index >= 15 is 0 Å². The van der Waals surface area contributed by atoms with E-state index in [0.717, 1.165) is 31.3 Å². The Labute approximate surface area is 181 Å². The van der Waals surface area contributed by atoms with Gasteiger partial charge in [0.25, 0.3) is 0 Å². The molecule has 4 atom stereocenters. The van der Waals surface area contributed by atoms with Gasteiger partial charge in [0.15, 0.2) is 0 Å². The number of hydrogen-bond donors (Lipinski definition) is 1. The van der Waals surface area contributed by atoms with Crippen LogP contribution in [0, 0.1) is 5.92 Å². The molecule has 6 heteroatoms. The Morgan fingerprint density at radius 2 is 1.97 bits per heavy atom. The molecule has 30 heavy (non-hydrogen) atoms. The van der Waals surface area contributed by atoms with Gasteiger partial charge in [-0.1, -0.05) is 25.0 Å². The molecule has 4 unspecified atom stereocenters. The molecule has 1 aliphatic heterocycles. The van der Waals surface area contributed by atoms with Crippen LogP contribution in [0.25, 0.3) is 0 Å². The van der Waals surface area contributed by atoms with Gasteiger partial charge in [-0.15, -0.1) is 0 Å². The van der Waals surface area contributed by atoms with Crippen LogP contribution in [0.4, 0.5) is 0 Å². The summed E-state index contributed by atoms with van der Waals surface area (Å²) >= 11 is 0. The highest BCUT2D eigenvalue weighted by molar-refractivity contribution is 5.66. The van der Waals surface area contributed by atoms with Crippen molar-refractivity contribution in [3.63, 3.8) is 0 Å². The Kier molecular flexibility index (Phi) is 11.3. The molecule has 0 bridgehead atoms. The van der Waals surface area contributed by atoms with E-state index in [9.17, 15) is 14.7 Å². The Morgan fingerprint density at radius 1 is 1.27 bits per heavy atom. The SMILES string of the molecule is CC(=O)OC/C=C1\CCC(OC(C)=O)C(C)(CCCC(C)C(O)CC=C(C)C)OC1. The highest BCUT2D eigenvalue weighted by Crippen LogP contribution is 2.34. The lowest BCUT2D eigenvalue weighted by Crippen LogP contribution is -2.43. The molecule has 1 aliphatic rings. The highest BCUT2D eigenvalue weighted by atomic mass is 16.6. The second-order valence-electron chi connectivity index (χ2n) is 8.86.